The summed E-state index contributed by atoms with van der Waals surface area (Å²) in [5, 5.41) is 21.3. The third kappa shape index (κ3) is 3.98. The molecule has 0 unspecified atom stereocenters. The van der Waals surface area contributed by atoms with E-state index in [4.69, 9.17) is 0 Å². The van der Waals surface area contributed by atoms with Crippen LogP contribution in [0.4, 0.5) is 32.0 Å². The van der Waals surface area contributed by atoms with Crippen molar-refractivity contribution in [3.8, 4) is 5.75 Å². The van der Waals surface area contributed by atoms with Crippen LogP contribution in [0.2, 0.25) is 0 Å². The van der Waals surface area contributed by atoms with Crippen molar-refractivity contribution in [2.45, 2.75) is 18.0 Å². The van der Waals surface area contributed by atoms with Crippen LogP contribution in [0.1, 0.15) is 15.9 Å². The molecule has 0 aromatic heterocycles. The van der Waals surface area contributed by atoms with Crippen molar-refractivity contribution in [3.05, 3.63) is 57.2 Å². The van der Waals surface area contributed by atoms with Gasteiger partial charge in [0.1, 0.15) is 5.75 Å². The summed E-state index contributed by atoms with van der Waals surface area (Å²) in [5.41, 5.74) is -7.04. The quantitative estimate of drug-likeness (QED) is 0.326. The monoisotopic (exact) mass is 505 g/mol. The highest BCUT2D eigenvalue weighted by Gasteiger charge is 2.71. The first-order chi connectivity index (χ1) is 12.3. The van der Waals surface area contributed by atoms with Crippen LogP contribution in [0, 0.1) is 3.57 Å². The van der Waals surface area contributed by atoms with E-state index >= 15 is 0 Å². The summed E-state index contributed by atoms with van der Waals surface area (Å²) in [6.07, 6.45) is -12.2. The first kappa shape index (κ1) is 21.3. The van der Waals surface area contributed by atoms with Gasteiger partial charge in [0.25, 0.3) is 11.5 Å². The highest BCUT2D eigenvalue weighted by Crippen LogP contribution is 2.50. The van der Waals surface area contributed by atoms with Crippen LogP contribution < -0.4 is 5.32 Å². The first-order valence-electron chi connectivity index (χ1n) is 7.04. The number of aliphatic hydroxyl groups is 1. The molecule has 3 N–H and O–H groups in total. The molecule has 0 saturated carbocycles. The van der Waals surface area contributed by atoms with E-state index < -0.39 is 40.9 Å². The SMILES string of the molecule is O=C(Nc1ccc(C(O)(C(F)(F)F)C(F)(F)F)cc1O)c1ccccc1I. The van der Waals surface area contributed by atoms with E-state index in [0.717, 1.165) is 0 Å². The molecule has 0 saturated heterocycles. The molecular formula is C16H10F6INO3. The molecule has 146 valence electrons. The molecule has 0 spiro atoms. The summed E-state index contributed by atoms with van der Waals surface area (Å²) in [7, 11) is 0. The normalized spacial score (nSPS) is 12.7. The molecule has 0 bridgehead atoms. The van der Waals surface area contributed by atoms with Gasteiger partial charge in [0.15, 0.2) is 0 Å². The summed E-state index contributed by atoms with van der Waals surface area (Å²) >= 11 is 1.85. The fraction of sp³-hybridized carbons (Fsp3) is 0.188. The molecule has 0 atom stereocenters. The van der Waals surface area contributed by atoms with Gasteiger partial charge in [-0.25, -0.2) is 0 Å². The van der Waals surface area contributed by atoms with Crippen molar-refractivity contribution in [1.29, 1.82) is 0 Å². The van der Waals surface area contributed by atoms with Gasteiger partial charge in [-0.15, -0.1) is 0 Å². The van der Waals surface area contributed by atoms with Crippen LogP contribution in [0.5, 0.6) is 5.75 Å². The number of phenols is 1. The zero-order valence-corrected chi connectivity index (χ0v) is 15.1. The molecule has 2 aromatic rings. The van der Waals surface area contributed by atoms with Gasteiger partial charge in [-0.05, 0) is 46.9 Å². The van der Waals surface area contributed by atoms with Crippen LogP contribution in [-0.2, 0) is 5.60 Å². The van der Waals surface area contributed by atoms with E-state index in [2.05, 4.69) is 5.32 Å². The number of aromatic hydroxyl groups is 1. The maximum Gasteiger partial charge on any atom is 0.430 e. The first-order valence-corrected chi connectivity index (χ1v) is 8.12. The van der Waals surface area contributed by atoms with Gasteiger partial charge in [0.2, 0.25) is 0 Å². The van der Waals surface area contributed by atoms with Gasteiger partial charge in [-0.3, -0.25) is 4.79 Å². The van der Waals surface area contributed by atoms with E-state index in [1.54, 1.807) is 18.2 Å². The molecule has 0 aliphatic carbocycles. The van der Waals surface area contributed by atoms with Gasteiger partial charge in [-0.1, -0.05) is 18.2 Å². The predicted molar refractivity (Wildman–Crippen MR) is 91.2 cm³/mol. The van der Waals surface area contributed by atoms with Crippen molar-refractivity contribution in [2.24, 2.45) is 0 Å². The van der Waals surface area contributed by atoms with Gasteiger partial charge in [-0.2, -0.15) is 26.3 Å². The number of hydrogen-bond acceptors (Lipinski definition) is 3. The lowest BCUT2D eigenvalue weighted by Crippen LogP contribution is -2.53. The van der Waals surface area contributed by atoms with Crippen molar-refractivity contribution < 1.29 is 41.4 Å². The molecule has 2 aromatic carbocycles. The van der Waals surface area contributed by atoms with Crippen LogP contribution >= 0.6 is 22.6 Å². The number of phenolic OH excluding ortho intramolecular Hbond substituents is 1. The number of halogens is 7. The maximum absolute atomic E-state index is 12.9. The molecule has 27 heavy (non-hydrogen) atoms. The second-order valence-corrected chi connectivity index (χ2v) is 6.53. The highest BCUT2D eigenvalue weighted by molar-refractivity contribution is 14.1. The minimum atomic E-state index is -6.08. The average Bonchev–Trinajstić information content (AvgIpc) is 2.54. The molecule has 0 heterocycles. The largest absolute Gasteiger partial charge is 0.506 e. The number of amides is 1. The van der Waals surface area contributed by atoms with Crippen molar-refractivity contribution in [1.82, 2.24) is 0 Å². The molecule has 0 aliphatic heterocycles. The molecule has 4 nitrogen and oxygen atoms in total. The zero-order chi connectivity index (χ0) is 20.6. The summed E-state index contributed by atoms with van der Waals surface area (Å²) in [6, 6.07) is 7.31. The lowest BCUT2D eigenvalue weighted by molar-refractivity contribution is -0.376. The Kier molecular flexibility index (Phi) is 5.66. The molecule has 0 radical (unpaired) electrons. The van der Waals surface area contributed by atoms with Crippen LogP contribution in [0.25, 0.3) is 0 Å². The summed E-state index contributed by atoms with van der Waals surface area (Å²) < 4.78 is 77.8. The Morgan fingerprint density at radius 2 is 1.52 bits per heavy atom. The van der Waals surface area contributed by atoms with Crippen LogP contribution in [0.3, 0.4) is 0 Å². The van der Waals surface area contributed by atoms with Crippen molar-refractivity contribution in [3.63, 3.8) is 0 Å². The minimum Gasteiger partial charge on any atom is -0.506 e. The number of hydrogen-bond donors (Lipinski definition) is 3. The molecule has 1 amide bonds. The average molecular weight is 505 g/mol. The highest BCUT2D eigenvalue weighted by atomic mass is 127. The number of benzene rings is 2. The summed E-state index contributed by atoms with van der Waals surface area (Å²) in [4.78, 5) is 12.2. The third-order valence-electron chi connectivity index (χ3n) is 3.60. The van der Waals surface area contributed by atoms with E-state index in [0.29, 0.717) is 15.7 Å². The van der Waals surface area contributed by atoms with Crippen molar-refractivity contribution >= 4 is 34.2 Å². The molecule has 11 heteroatoms. The van der Waals surface area contributed by atoms with E-state index in [-0.39, 0.29) is 11.6 Å². The van der Waals surface area contributed by atoms with Gasteiger partial charge < -0.3 is 15.5 Å². The fourth-order valence-corrected chi connectivity index (χ4v) is 2.82. The number of anilines is 1. The Morgan fingerprint density at radius 3 is 2.00 bits per heavy atom. The lowest BCUT2D eigenvalue weighted by Gasteiger charge is -2.32. The molecular weight excluding hydrogens is 495 g/mol. The smallest absolute Gasteiger partial charge is 0.430 e. The number of carbonyl (C=O) groups is 1. The van der Waals surface area contributed by atoms with Gasteiger partial charge in [0, 0.05) is 9.13 Å². The standard InChI is InChI=1S/C16H10F6INO3/c17-15(18,19)14(27,16(20,21)22)8-5-6-11(12(25)7-8)24-13(26)9-3-1-2-4-10(9)23/h1-7,25,27H,(H,24,26). The van der Waals surface area contributed by atoms with Gasteiger partial charge >= 0.3 is 12.4 Å². The number of nitrogens with one attached hydrogen (secondary N) is 1. The number of alkyl halides is 6. The number of rotatable bonds is 3. The van der Waals surface area contributed by atoms with Crippen molar-refractivity contribution in [2.75, 3.05) is 5.32 Å². The molecule has 0 fully saturated rings. The molecule has 0 aliphatic rings. The second kappa shape index (κ2) is 7.19. The topological polar surface area (TPSA) is 69.6 Å². The third-order valence-corrected chi connectivity index (χ3v) is 4.54. The minimum absolute atomic E-state index is 0.104. The Labute approximate surface area is 162 Å². The van der Waals surface area contributed by atoms with E-state index in [1.807, 2.05) is 22.6 Å². The predicted octanol–water partition coefficient (Wildman–Crippen LogP) is 4.56. The maximum atomic E-state index is 12.9. The van der Waals surface area contributed by atoms with E-state index in [1.165, 1.54) is 6.07 Å². The summed E-state index contributed by atoms with van der Waals surface area (Å²) in [6.45, 7) is 0. The van der Waals surface area contributed by atoms with E-state index in [9.17, 15) is 41.4 Å². The Hall–Kier alpha value is -2.02. The Balaban J connectivity index is 2.41. The lowest BCUT2D eigenvalue weighted by atomic mass is 9.92. The van der Waals surface area contributed by atoms with Crippen LogP contribution in [0.15, 0.2) is 42.5 Å². The zero-order valence-electron chi connectivity index (χ0n) is 13.0. The van der Waals surface area contributed by atoms with Crippen LogP contribution in [-0.4, -0.2) is 28.5 Å². The Morgan fingerprint density at radius 1 is 0.963 bits per heavy atom. The fourth-order valence-electron chi connectivity index (χ4n) is 2.19. The number of carbonyl (C=O) groups excluding carboxylic acids is 1. The molecule has 2 rings (SSSR count). The second-order valence-electron chi connectivity index (χ2n) is 5.37. The summed E-state index contributed by atoms with van der Waals surface area (Å²) in [5.74, 6) is -1.80. The van der Waals surface area contributed by atoms with Gasteiger partial charge in [0.05, 0.1) is 11.3 Å². The Bertz CT molecular complexity index is 852.